The number of amides is 7. The first kappa shape index (κ1) is 42.4. The van der Waals surface area contributed by atoms with E-state index in [1.165, 1.54) is 11.0 Å². The highest BCUT2D eigenvalue weighted by Crippen LogP contribution is 2.65. The maximum absolute atomic E-state index is 14.8. The van der Waals surface area contributed by atoms with Gasteiger partial charge in [-0.15, -0.1) is 6.58 Å². The Morgan fingerprint density at radius 1 is 0.927 bits per heavy atom. The first-order valence-electron chi connectivity index (χ1n) is 20.9. The Kier molecular flexibility index (Phi) is 13.2. The van der Waals surface area contributed by atoms with Crippen LogP contribution in [0.1, 0.15) is 131 Å². The number of carbonyl (C=O) groups is 7. The number of Topliss-reactive ketones (excluding diaryl/α,β-unsaturated/α-hetero) is 1. The van der Waals surface area contributed by atoms with Gasteiger partial charge in [-0.2, -0.15) is 0 Å². The van der Waals surface area contributed by atoms with Gasteiger partial charge < -0.3 is 26.2 Å². The molecule has 5 rings (SSSR count). The van der Waals surface area contributed by atoms with Gasteiger partial charge in [-0.25, -0.2) is 4.79 Å². The van der Waals surface area contributed by atoms with Crippen LogP contribution in [-0.2, 0) is 28.8 Å². The lowest BCUT2D eigenvalue weighted by Gasteiger charge is -2.41. The Balaban J connectivity index is 1.33. The zero-order valence-corrected chi connectivity index (χ0v) is 34.1. The number of piperidine rings is 2. The fourth-order valence-corrected chi connectivity index (χ4v) is 9.96. The van der Waals surface area contributed by atoms with Gasteiger partial charge in [0, 0.05) is 32.5 Å². The van der Waals surface area contributed by atoms with Crippen LogP contribution in [0, 0.1) is 34.0 Å². The van der Waals surface area contributed by atoms with Crippen LogP contribution in [-0.4, -0.2) is 95.0 Å². The quantitative estimate of drug-likeness (QED) is 0.109. The van der Waals surface area contributed by atoms with Crippen molar-refractivity contribution in [2.45, 2.75) is 156 Å². The second kappa shape index (κ2) is 17.2. The maximum atomic E-state index is 14.8. The van der Waals surface area contributed by atoms with Crippen molar-refractivity contribution in [3.8, 4) is 0 Å². The number of unbranched alkanes of at least 4 members (excludes halogenated alkanes) is 1. The monoisotopic (exact) mass is 766 g/mol. The molecule has 0 radical (unpaired) electrons. The van der Waals surface area contributed by atoms with E-state index in [0.29, 0.717) is 25.8 Å². The molecule has 7 amide bonds. The summed E-state index contributed by atoms with van der Waals surface area (Å²) in [6.07, 6.45) is 12.0. The molecule has 55 heavy (non-hydrogen) atoms. The number of carbonyl (C=O) groups excluding carboxylic acids is 7. The molecule has 1 spiro atoms. The van der Waals surface area contributed by atoms with E-state index in [2.05, 4.69) is 41.7 Å². The van der Waals surface area contributed by atoms with Gasteiger partial charge in [-0.05, 0) is 66.1 Å². The third kappa shape index (κ3) is 9.44. The largest absolute Gasteiger partial charge is 0.346 e. The lowest BCUT2D eigenvalue weighted by atomic mass is 9.76. The fourth-order valence-electron chi connectivity index (χ4n) is 9.96. The Morgan fingerprint density at radius 2 is 1.56 bits per heavy atom. The van der Waals surface area contributed by atoms with Crippen LogP contribution in [0.3, 0.4) is 0 Å². The van der Waals surface area contributed by atoms with Gasteiger partial charge in [0.25, 0.3) is 5.91 Å². The first-order chi connectivity index (χ1) is 25.9. The average molecular weight is 767 g/mol. The summed E-state index contributed by atoms with van der Waals surface area (Å²) in [4.78, 5) is 98.5. The molecule has 2 aliphatic heterocycles. The van der Waals surface area contributed by atoms with E-state index in [1.807, 2.05) is 27.7 Å². The molecule has 1 unspecified atom stereocenters. The molecule has 13 nitrogen and oxygen atoms in total. The second-order valence-corrected chi connectivity index (χ2v) is 18.8. The minimum atomic E-state index is -1.04. The predicted molar refractivity (Wildman–Crippen MR) is 208 cm³/mol. The number of hydrogen-bond donors (Lipinski definition) is 4. The van der Waals surface area contributed by atoms with Gasteiger partial charge in [0.1, 0.15) is 12.1 Å². The summed E-state index contributed by atoms with van der Waals surface area (Å²) >= 11 is 0. The highest BCUT2D eigenvalue weighted by molar-refractivity contribution is 6.38. The Hall–Kier alpha value is -3.77. The molecule has 0 aromatic heterocycles. The summed E-state index contributed by atoms with van der Waals surface area (Å²) in [6, 6.07) is -3.95. The summed E-state index contributed by atoms with van der Waals surface area (Å²) < 4.78 is 0. The number of nitrogens with zero attached hydrogens (tertiary/aromatic N) is 2. The molecule has 5 aliphatic rings. The molecule has 0 aromatic carbocycles. The van der Waals surface area contributed by atoms with E-state index >= 15 is 0 Å². The van der Waals surface area contributed by atoms with Crippen molar-refractivity contribution >= 4 is 41.4 Å². The summed E-state index contributed by atoms with van der Waals surface area (Å²) in [6.45, 7) is 16.1. The lowest BCUT2D eigenvalue weighted by molar-refractivity contribution is -0.154. The van der Waals surface area contributed by atoms with E-state index in [4.69, 9.17) is 0 Å². The Morgan fingerprint density at radius 3 is 2.15 bits per heavy atom. The molecule has 306 valence electrons. The second-order valence-electron chi connectivity index (χ2n) is 18.8. The summed E-state index contributed by atoms with van der Waals surface area (Å²) in [5, 5.41) is 11.4. The lowest BCUT2D eigenvalue weighted by Crippen LogP contribution is -2.62. The maximum Gasteiger partial charge on any atom is 0.315 e. The van der Waals surface area contributed by atoms with E-state index in [0.717, 1.165) is 64.2 Å². The number of ketones is 1. The van der Waals surface area contributed by atoms with Crippen molar-refractivity contribution in [1.82, 2.24) is 31.1 Å². The van der Waals surface area contributed by atoms with Crippen LogP contribution < -0.4 is 21.3 Å². The van der Waals surface area contributed by atoms with Crippen molar-refractivity contribution in [2.24, 2.45) is 34.0 Å². The minimum absolute atomic E-state index is 0.0447. The molecule has 0 aromatic rings. The molecular weight excluding hydrogens is 700 g/mol. The third-order valence-corrected chi connectivity index (χ3v) is 13.6. The Labute approximate surface area is 327 Å². The van der Waals surface area contributed by atoms with Gasteiger partial charge in [0.2, 0.25) is 29.4 Å². The van der Waals surface area contributed by atoms with Crippen LogP contribution >= 0.6 is 0 Å². The van der Waals surface area contributed by atoms with Crippen molar-refractivity contribution < 1.29 is 33.6 Å². The fraction of sp³-hybridized carbons (Fsp3) is 0.786. The van der Waals surface area contributed by atoms with Gasteiger partial charge in [0.15, 0.2) is 0 Å². The number of likely N-dealkylation sites (tertiary alicyclic amines) is 2. The topological polar surface area (TPSA) is 174 Å². The van der Waals surface area contributed by atoms with Crippen molar-refractivity contribution in [3.63, 3.8) is 0 Å². The predicted octanol–water partition coefficient (Wildman–Crippen LogP) is 4.39. The number of rotatable bonds is 15. The molecule has 2 heterocycles. The van der Waals surface area contributed by atoms with E-state index < -0.39 is 53.2 Å². The molecule has 13 heteroatoms. The van der Waals surface area contributed by atoms with E-state index in [-0.39, 0.29) is 65.8 Å². The van der Waals surface area contributed by atoms with Crippen LogP contribution in [0.5, 0.6) is 0 Å². The normalized spacial score (nSPS) is 26.1. The van der Waals surface area contributed by atoms with Crippen molar-refractivity contribution in [3.05, 3.63) is 12.7 Å². The molecule has 2 saturated heterocycles. The molecule has 6 atom stereocenters. The summed E-state index contributed by atoms with van der Waals surface area (Å²) in [5.41, 5.74) is -0.953. The van der Waals surface area contributed by atoms with Crippen LogP contribution in [0.15, 0.2) is 12.7 Å². The molecule has 5 fully saturated rings. The number of imide groups is 1. The van der Waals surface area contributed by atoms with Gasteiger partial charge >= 0.3 is 6.03 Å². The standard InChI is InChI=1S/C42H66N6O7/c1-8-10-18-28(35(51)37(53)43-21-9-2)44-36(52)34-32-27(41(32,6)7)24-48(34)38(54)33(26-16-12-11-13-17-26)46-39(55)45-29(40(3,4)5)25-47-30(49)22-42(23-31(47)50)19-14-15-20-42/h9,26-29,32-34H,2,8,10-25H2,1,3-7H3,(H,43,53)(H,44,52)(H2,45,46,55)/t27-,28?,29+,32-,33-,34-/m0/s1. The van der Waals surface area contributed by atoms with Crippen molar-refractivity contribution in [2.75, 3.05) is 19.6 Å². The highest BCUT2D eigenvalue weighted by Gasteiger charge is 2.70. The SMILES string of the molecule is C=CCNC(=O)C(=O)C(CCCC)NC(=O)[C@@H]1[C@@H]2[C@H](CN1C(=O)[C@@H](NC(=O)N[C@H](CN1C(=O)CC3(CCCC3)CC1=O)C(C)(C)C)C1CCCCC1)C2(C)C. The molecule has 0 bridgehead atoms. The van der Waals surface area contributed by atoms with Gasteiger partial charge in [-0.1, -0.05) is 92.6 Å². The minimum Gasteiger partial charge on any atom is -0.346 e. The molecule has 3 aliphatic carbocycles. The van der Waals surface area contributed by atoms with Gasteiger partial charge in [-0.3, -0.25) is 33.7 Å². The summed E-state index contributed by atoms with van der Waals surface area (Å²) in [7, 11) is 0. The average Bonchev–Trinajstić information content (AvgIpc) is 3.49. The Bertz CT molecular complexity index is 1490. The van der Waals surface area contributed by atoms with Crippen molar-refractivity contribution in [1.29, 1.82) is 0 Å². The smallest absolute Gasteiger partial charge is 0.315 e. The van der Waals surface area contributed by atoms with Crippen LogP contribution in [0.25, 0.3) is 0 Å². The van der Waals surface area contributed by atoms with Gasteiger partial charge in [0.05, 0.1) is 12.1 Å². The number of urea groups is 1. The molecule has 4 N–H and O–H groups in total. The summed E-state index contributed by atoms with van der Waals surface area (Å²) in [5.74, 6) is -2.92. The molecular formula is C42H66N6O7. The van der Waals surface area contributed by atoms with E-state index in [9.17, 15) is 33.6 Å². The van der Waals surface area contributed by atoms with Crippen LogP contribution in [0.4, 0.5) is 4.79 Å². The van der Waals surface area contributed by atoms with Crippen LogP contribution in [0.2, 0.25) is 0 Å². The van der Waals surface area contributed by atoms with E-state index in [1.54, 1.807) is 4.90 Å². The highest BCUT2D eigenvalue weighted by atomic mass is 16.2. The first-order valence-corrected chi connectivity index (χ1v) is 20.9. The number of fused-ring (bicyclic) bond motifs is 1. The zero-order chi connectivity index (χ0) is 40.3. The number of nitrogens with one attached hydrogen (secondary N) is 4. The number of hydrogen-bond acceptors (Lipinski definition) is 7. The zero-order valence-electron chi connectivity index (χ0n) is 34.1. The molecule has 3 saturated carbocycles. The third-order valence-electron chi connectivity index (χ3n) is 13.6.